The summed E-state index contributed by atoms with van der Waals surface area (Å²) in [6.45, 7) is 0.804. The number of anilines is 1. The quantitative estimate of drug-likeness (QED) is 0.662. The van der Waals surface area contributed by atoms with Crippen LogP contribution in [0.15, 0.2) is 18.2 Å². The molecule has 0 amide bonds. The molecule has 1 aliphatic rings. The Balaban J connectivity index is 2.04. The topological polar surface area (TPSA) is 92.9 Å². The fraction of sp³-hybridized carbons (Fsp3) is 0.462. The number of halogens is 1. The molecule has 0 atom stereocenters. The molecule has 114 valence electrons. The van der Waals surface area contributed by atoms with E-state index in [9.17, 15) is 14.9 Å². The van der Waals surface area contributed by atoms with Crippen LogP contribution in [0.25, 0.3) is 0 Å². The number of hydrogen-bond acceptors (Lipinski definition) is 5. The van der Waals surface area contributed by atoms with E-state index >= 15 is 0 Å². The molecule has 1 saturated heterocycles. The lowest BCUT2D eigenvalue weighted by Gasteiger charge is -2.33. The zero-order valence-electron chi connectivity index (χ0n) is 11.2. The third-order valence-corrected chi connectivity index (χ3v) is 3.68. The number of piperidine rings is 1. The maximum atomic E-state index is 11.1. The number of nitrogens with zero attached hydrogens (tertiary/aromatic N) is 2. The molecule has 1 aromatic rings. The second kappa shape index (κ2) is 6.73. The number of carboxylic acids is 1. The molecule has 2 rings (SSSR count). The normalized spacial score (nSPS) is 16.0. The smallest absolute Gasteiger partial charge is 0.329 e. The Labute approximate surface area is 126 Å². The molecular formula is C13H15ClN2O5. The Morgan fingerprint density at radius 1 is 1.48 bits per heavy atom. The van der Waals surface area contributed by atoms with Crippen LogP contribution in [0.5, 0.6) is 0 Å². The molecule has 7 nitrogen and oxygen atoms in total. The average molecular weight is 315 g/mol. The maximum Gasteiger partial charge on any atom is 0.329 e. The molecule has 0 aromatic heterocycles. The summed E-state index contributed by atoms with van der Waals surface area (Å²) in [5.41, 5.74) is 0.397. The molecule has 1 fully saturated rings. The van der Waals surface area contributed by atoms with Gasteiger partial charge in [-0.15, -0.1) is 0 Å². The van der Waals surface area contributed by atoms with Crippen LogP contribution in [0.2, 0.25) is 5.02 Å². The molecule has 1 aromatic carbocycles. The maximum absolute atomic E-state index is 11.1. The van der Waals surface area contributed by atoms with Crippen molar-refractivity contribution in [2.24, 2.45) is 0 Å². The van der Waals surface area contributed by atoms with E-state index in [-0.39, 0.29) is 23.4 Å². The summed E-state index contributed by atoms with van der Waals surface area (Å²) >= 11 is 5.90. The number of carboxylic acid groups (broad SMARTS) is 1. The first-order chi connectivity index (χ1) is 9.99. The third kappa shape index (κ3) is 3.83. The van der Waals surface area contributed by atoms with Gasteiger partial charge in [-0.3, -0.25) is 10.1 Å². The number of hydrogen-bond donors (Lipinski definition) is 1. The predicted octanol–water partition coefficient (Wildman–Crippen LogP) is 2.32. The largest absolute Gasteiger partial charge is 0.480 e. The second-order valence-corrected chi connectivity index (χ2v) is 5.16. The highest BCUT2D eigenvalue weighted by molar-refractivity contribution is 6.33. The summed E-state index contributed by atoms with van der Waals surface area (Å²) in [7, 11) is 0. The zero-order chi connectivity index (χ0) is 15.4. The lowest BCUT2D eigenvalue weighted by atomic mass is 10.1. The molecule has 21 heavy (non-hydrogen) atoms. The van der Waals surface area contributed by atoms with Gasteiger partial charge in [-0.1, -0.05) is 17.7 Å². The SMILES string of the molecule is O=C(O)COC1CCN(c2cccc(Cl)c2[N+](=O)[O-])CC1. The fourth-order valence-corrected chi connectivity index (χ4v) is 2.63. The van der Waals surface area contributed by atoms with E-state index in [0.29, 0.717) is 31.6 Å². The minimum atomic E-state index is -0.997. The van der Waals surface area contributed by atoms with E-state index in [1.165, 1.54) is 6.07 Å². The van der Waals surface area contributed by atoms with Gasteiger partial charge in [0, 0.05) is 13.1 Å². The number of ether oxygens (including phenoxy) is 1. The van der Waals surface area contributed by atoms with E-state index in [1.807, 2.05) is 4.90 Å². The first-order valence-corrected chi connectivity index (χ1v) is 6.88. The monoisotopic (exact) mass is 314 g/mol. The van der Waals surface area contributed by atoms with E-state index in [0.717, 1.165) is 0 Å². The van der Waals surface area contributed by atoms with E-state index < -0.39 is 10.9 Å². The van der Waals surface area contributed by atoms with Gasteiger partial charge in [0.2, 0.25) is 0 Å². The molecule has 0 bridgehead atoms. The number of rotatable bonds is 5. The van der Waals surface area contributed by atoms with Gasteiger partial charge >= 0.3 is 11.7 Å². The summed E-state index contributed by atoms with van der Waals surface area (Å²) in [5, 5.41) is 19.8. The molecule has 0 radical (unpaired) electrons. The zero-order valence-corrected chi connectivity index (χ0v) is 12.0. The summed E-state index contributed by atoms with van der Waals surface area (Å²) in [5.74, 6) is -0.997. The van der Waals surface area contributed by atoms with Crippen LogP contribution in [0.1, 0.15) is 12.8 Å². The van der Waals surface area contributed by atoms with Gasteiger partial charge in [0.05, 0.1) is 11.0 Å². The number of carbonyl (C=O) groups is 1. The molecular weight excluding hydrogens is 300 g/mol. The van der Waals surface area contributed by atoms with E-state index in [4.69, 9.17) is 21.4 Å². The molecule has 1 aliphatic heterocycles. The Morgan fingerprint density at radius 3 is 2.71 bits per heavy atom. The minimum Gasteiger partial charge on any atom is -0.480 e. The number of nitro benzene ring substituents is 1. The highest BCUT2D eigenvalue weighted by Crippen LogP contribution is 2.36. The van der Waals surface area contributed by atoms with Crippen LogP contribution in [0, 0.1) is 10.1 Å². The number of benzene rings is 1. The van der Waals surface area contributed by atoms with Gasteiger partial charge in [-0.2, -0.15) is 0 Å². The summed E-state index contributed by atoms with van der Waals surface area (Å²) in [6, 6.07) is 4.84. The van der Waals surface area contributed by atoms with Gasteiger partial charge in [0.15, 0.2) is 0 Å². The summed E-state index contributed by atoms with van der Waals surface area (Å²) in [4.78, 5) is 23.0. The van der Waals surface area contributed by atoms with Gasteiger partial charge < -0.3 is 14.7 Å². The van der Waals surface area contributed by atoms with Gasteiger partial charge in [0.25, 0.3) is 0 Å². The standard InChI is InChI=1S/C13H15ClN2O5/c14-10-2-1-3-11(13(10)16(19)20)15-6-4-9(5-7-15)21-8-12(17)18/h1-3,9H,4-8H2,(H,17,18). The second-order valence-electron chi connectivity index (χ2n) is 4.76. The molecule has 0 saturated carbocycles. The molecule has 0 spiro atoms. The van der Waals surface area contributed by atoms with Crippen LogP contribution in [-0.2, 0) is 9.53 Å². The van der Waals surface area contributed by atoms with Crippen molar-refractivity contribution in [1.29, 1.82) is 0 Å². The summed E-state index contributed by atoms with van der Waals surface area (Å²) in [6.07, 6.45) is 1.11. The Morgan fingerprint density at radius 2 is 2.14 bits per heavy atom. The molecule has 0 aliphatic carbocycles. The molecule has 0 unspecified atom stereocenters. The van der Waals surface area contributed by atoms with Crippen molar-refractivity contribution in [3.05, 3.63) is 33.3 Å². The van der Waals surface area contributed by atoms with Crippen LogP contribution >= 0.6 is 11.6 Å². The van der Waals surface area contributed by atoms with Crippen LogP contribution in [-0.4, -0.2) is 41.8 Å². The highest BCUT2D eigenvalue weighted by Gasteiger charge is 2.27. The first-order valence-electron chi connectivity index (χ1n) is 6.50. The molecule has 1 heterocycles. The first kappa shape index (κ1) is 15.5. The van der Waals surface area contributed by atoms with Crippen molar-refractivity contribution in [3.63, 3.8) is 0 Å². The van der Waals surface area contributed by atoms with Crippen LogP contribution in [0.3, 0.4) is 0 Å². The summed E-state index contributed by atoms with van der Waals surface area (Å²) < 4.78 is 5.24. The van der Waals surface area contributed by atoms with Crippen molar-refractivity contribution in [2.75, 3.05) is 24.6 Å². The van der Waals surface area contributed by atoms with Gasteiger partial charge in [-0.05, 0) is 25.0 Å². The lowest BCUT2D eigenvalue weighted by molar-refractivity contribution is -0.384. The lowest BCUT2D eigenvalue weighted by Crippen LogP contribution is -2.38. The fourth-order valence-electron chi connectivity index (χ4n) is 2.39. The Bertz CT molecular complexity index is 543. The number of para-hydroxylation sites is 1. The van der Waals surface area contributed by atoms with Crippen LogP contribution < -0.4 is 4.90 Å². The van der Waals surface area contributed by atoms with E-state index in [2.05, 4.69) is 0 Å². The van der Waals surface area contributed by atoms with E-state index in [1.54, 1.807) is 12.1 Å². The number of nitro groups is 1. The van der Waals surface area contributed by atoms with Gasteiger partial charge in [0.1, 0.15) is 17.3 Å². The van der Waals surface area contributed by atoms with Crippen molar-refractivity contribution < 1.29 is 19.6 Å². The highest BCUT2D eigenvalue weighted by atomic mass is 35.5. The van der Waals surface area contributed by atoms with Crippen molar-refractivity contribution >= 4 is 28.9 Å². The van der Waals surface area contributed by atoms with Crippen LogP contribution in [0.4, 0.5) is 11.4 Å². The molecule has 1 N–H and O–H groups in total. The van der Waals surface area contributed by atoms with Gasteiger partial charge in [-0.25, -0.2) is 4.79 Å². The van der Waals surface area contributed by atoms with Crippen molar-refractivity contribution in [1.82, 2.24) is 0 Å². The van der Waals surface area contributed by atoms with Crippen molar-refractivity contribution in [3.8, 4) is 0 Å². The number of aliphatic carboxylic acids is 1. The average Bonchev–Trinajstić information content (AvgIpc) is 2.45. The Kier molecular flexibility index (Phi) is 4.98. The van der Waals surface area contributed by atoms with Crippen molar-refractivity contribution in [2.45, 2.75) is 18.9 Å². The predicted molar refractivity (Wildman–Crippen MR) is 76.9 cm³/mol. The molecule has 8 heteroatoms. The Hall–Kier alpha value is -1.86. The minimum absolute atomic E-state index is 0.0935. The third-order valence-electron chi connectivity index (χ3n) is 3.37.